The van der Waals surface area contributed by atoms with E-state index >= 15 is 0 Å². The first-order valence-electron chi connectivity index (χ1n) is 9.02. The van der Waals surface area contributed by atoms with Crippen molar-refractivity contribution in [2.75, 3.05) is 5.73 Å². The van der Waals surface area contributed by atoms with Gasteiger partial charge in [-0.25, -0.2) is 9.97 Å². The van der Waals surface area contributed by atoms with Crippen LogP contribution < -0.4 is 11.5 Å². The summed E-state index contributed by atoms with van der Waals surface area (Å²) in [5.41, 5.74) is 14.8. The molecule has 1 aliphatic carbocycles. The molecule has 1 saturated carbocycles. The van der Waals surface area contributed by atoms with E-state index < -0.39 is 0 Å². The minimum atomic E-state index is -0.155. The predicted molar refractivity (Wildman–Crippen MR) is 109 cm³/mol. The molecule has 0 radical (unpaired) electrons. The number of anilines is 1. The van der Waals surface area contributed by atoms with Crippen LogP contribution in [0.2, 0.25) is 10.0 Å². The molecule has 0 bridgehead atoms. The van der Waals surface area contributed by atoms with E-state index in [2.05, 4.69) is 17.1 Å². The number of aromatic nitrogens is 4. The van der Waals surface area contributed by atoms with E-state index in [1.165, 1.54) is 6.39 Å². The smallest absolute Gasteiger partial charge is 0.268 e. The highest BCUT2D eigenvalue weighted by Crippen LogP contribution is 2.40. The van der Waals surface area contributed by atoms with E-state index in [1.807, 2.05) is 0 Å². The monoisotopic (exact) mass is 418 g/mol. The summed E-state index contributed by atoms with van der Waals surface area (Å²) < 4.78 is 5.43. The molecule has 7 nitrogen and oxygen atoms in total. The number of nitrogens with zero attached hydrogens (tertiary/aromatic N) is 4. The Morgan fingerprint density at radius 1 is 1.07 bits per heavy atom. The summed E-state index contributed by atoms with van der Waals surface area (Å²) in [6.07, 6.45) is 4.85. The molecule has 0 atom stereocenters. The third kappa shape index (κ3) is 3.83. The van der Waals surface area contributed by atoms with Gasteiger partial charge in [-0.05, 0) is 50.8 Å². The van der Waals surface area contributed by atoms with Crippen LogP contribution in [0.4, 0.5) is 5.82 Å². The molecular weight excluding hydrogens is 399 g/mol. The summed E-state index contributed by atoms with van der Waals surface area (Å²) in [6, 6.07) is 5.13. The maximum atomic E-state index is 6.28. The van der Waals surface area contributed by atoms with Crippen molar-refractivity contribution >= 4 is 29.0 Å². The lowest BCUT2D eigenvalue weighted by Crippen LogP contribution is -2.39. The SMILES string of the molecule is CC1(N)CCC(c2nc(N)c(-c3cc(Cl)cc(Cl)c3)nc2-c2nnco2)CC1. The van der Waals surface area contributed by atoms with Gasteiger partial charge in [-0.2, -0.15) is 0 Å². The molecule has 9 heteroatoms. The zero-order valence-corrected chi connectivity index (χ0v) is 16.8. The standard InChI is InChI=1S/C19H20Cl2N6O/c1-19(23)4-2-10(3-5-19)14-16(18-27-24-9-28-18)25-15(17(22)26-14)11-6-12(20)8-13(21)7-11/h6-10H,2-5,23H2,1H3,(H2,22,26). The molecular formula is C19H20Cl2N6O. The molecule has 4 N–H and O–H groups in total. The first-order valence-corrected chi connectivity index (χ1v) is 9.77. The van der Waals surface area contributed by atoms with E-state index in [1.54, 1.807) is 18.2 Å². The fourth-order valence-electron chi connectivity index (χ4n) is 3.63. The lowest BCUT2D eigenvalue weighted by atomic mass is 9.76. The highest BCUT2D eigenvalue weighted by molar-refractivity contribution is 6.35. The highest BCUT2D eigenvalue weighted by Gasteiger charge is 2.32. The molecule has 0 unspecified atom stereocenters. The molecule has 146 valence electrons. The molecule has 1 aromatic carbocycles. The number of benzene rings is 1. The highest BCUT2D eigenvalue weighted by atomic mass is 35.5. The van der Waals surface area contributed by atoms with Crippen LogP contribution in [0.15, 0.2) is 29.0 Å². The normalized spacial score (nSPS) is 22.4. The molecule has 0 spiro atoms. The van der Waals surface area contributed by atoms with E-state index in [-0.39, 0.29) is 11.5 Å². The van der Waals surface area contributed by atoms with Gasteiger partial charge < -0.3 is 15.9 Å². The molecule has 2 aromatic heterocycles. The minimum absolute atomic E-state index is 0.155. The van der Waals surface area contributed by atoms with Gasteiger partial charge in [0.05, 0.1) is 5.69 Å². The number of hydrogen-bond acceptors (Lipinski definition) is 7. The summed E-state index contributed by atoms with van der Waals surface area (Å²) in [6.45, 7) is 2.08. The maximum Gasteiger partial charge on any atom is 0.268 e. The summed E-state index contributed by atoms with van der Waals surface area (Å²) in [4.78, 5) is 9.44. The van der Waals surface area contributed by atoms with Crippen molar-refractivity contribution in [1.29, 1.82) is 0 Å². The number of hydrogen-bond donors (Lipinski definition) is 2. The fourth-order valence-corrected chi connectivity index (χ4v) is 4.16. The number of rotatable bonds is 3. The number of halogens is 2. The average Bonchev–Trinajstić information content (AvgIpc) is 3.15. The Morgan fingerprint density at radius 2 is 1.75 bits per heavy atom. The van der Waals surface area contributed by atoms with Crippen molar-refractivity contribution < 1.29 is 4.42 Å². The van der Waals surface area contributed by atoms with Gasteiger partial charge in [0.2, 0.25) is 6.39 Å². The molecule has 0 aliphatic heterocycles. The van der Waals surface area contributed by atoms with Crippen molar-refractivity contribution in [3.8, 4) is 22.8 Å². The van der Waals surface area contributed by atoms with Gasteiger partial charge in [0.25, 0.3) is 5.89 Å². The van der Waals surface area contributed by atoms with Gasteiger partial charge in [0.15, 0.2) is 0 Å². The Labute approximate surface area is 172 Å². The Balaban J connectivity index is 1.82. The van der Waals surface area contributed by atoms with Crippen LogP contribution in [0.3, 0.4) is 0 Å². The van der Waals surface area contributed by atoms with Crippen LogP contribution in [0.5, 0.6) is 0 Å². The zero-order chi connectivity index (χ0) is 19.9. The van der Waals surface area contributed by atoms with E-state index in [0.29, 0.717) is 38.7 Å². The summed E-state index contributed by atoms with van der Waals surface area (Å²) >= 11 is 12.3. The van der Waals surface area contributed by atoms with E-state index in [4.69, 9.17) is 49.1 Å². The van der Waals surface area contributed by atoms with Crippen LogP contribution in [-0.2, 0) is 0 Å². The quantitative estimate of drug-likeness (QED) is 0.644. The Morgan fingerprint density at radius 3 is 2.36 bits per heavy atom. The average molecular weight is 419 g/mol. The fraction of sp³-hybridized carbons (Fsp3) is 0.368. The van der Waals surface area contributed by atoms with Gasteiger partial charge in [-0.1, -0.05) is 23.2 Å². The van der Waals surface area contributed by atoms with Crippen molar-refractivity contribution in [3.05, 3.63) is 40.3 Å². The van der Waals surface area contributed by atoms with Crippen LogP contribution in [0.25, 0.3) is 22.8 Å². The van der Waals surface area contributed by atoms with Crippen LogP contribution in [0, 0.1) is 0 Å². The summed E-state index contributed by atoms with van der Waals surface area (Å²) in [5.74, 6) is 0.779. The Hall–Kier alpha value is -2.22. The zero-order valence-electron chi connectivity index (χ0n) is 15.3. The van der Waals surface area contributed by atoms with E-state index in [0.717, 1.165) is 31.4 Å². The lowest BCUT2D eigenvalue weighted by molar-refractivity contribution is 0.292. The van der Waals surface area contributed by atoms with Gasteiger partial charge in [-0.3, -0.25) is 0 Å². The molecule has 1 aliphatic rings. The molecule has 4 rings (SSSR count). The molecule has 0 saturated heterocycles. The van der Waals surface area contributed by atoms with Crippen molar-refractivity contribution in [3.63, 3.8) is 0 Å². The molecule has 0 amide bonds. The van der Waals surface area contributed by atoms with Gasteiger partial charge in [0, 0.05) is 27.1 Å². The maximum absolute atomic E-state index is 6.28. The van der Waals surface area contributed by atoms with Crippen LogP contribution in [0.1, 0.15) is 44.2 Å². The van der Waals surface area contributed by atoms with Crippen molar-refractivity contribution in [2.45, 2.75) is 44.1 Å². The third-order valence-electron chi connectivity index (χ3n) is 5.16. The van der Waals surface area contributed by atoms with Gasteiger partial charge >= 0.3 is 0 Å². The second-order valence-electron chi connectivity index (χ2n) is 7.52. The molecule has 28 heavy (non-hydrogen) atoms. The minimum Gasteiger partial charge on any atom is -0.422 e. The lowest BCUT2D eigenvalue weighted by Gasteiger charge is -2.34. The van der Waals surface area contributed by atoms with Gasteiger partial charge in [-0.15, -0.1) is 10.2 Å². The topological polar surface area (TPSA) is 117 Å². The second kappa shape index (κ2) is 7.31. The number of nitrogen functional groups attached to an aromatic ring is 1. The second-order valence-corrected chi connectivity index (χ2v) is 8.39. The molecule has 1 fully saturated rings. The summed E-state index contributed by atoms with van der Waals surface area (Å²) in [5, 5.41) is 8.79. The van der Waals surface area contributed by atoms with E-state index in [9.17, 15) is 0 Å². The molecule has 2 heterocycles. The van der Waals surface area contributed by atoms with Gasteiger partial charge in [0.1, 0.15) is 17.2 Å². The Kier molecular flexibility index (Phi) is 4.99. The summed E-state index contributed by atoms with van der Waals surface area (Å²) in [7, 11) is 0. The third-order valence-corrected chi connectivity index (χ3v) is 5.60. The van der Waals surface area contributed by atoms with Crippen LogP contribution in [-0.4, -0.2) is 25.7 Å². The predicted octanol–water partition coefficient (Wildman–Crippen LogP) is 4.46. The van der Waals surface area contributed by atoms with Crippen LogP contribution >= 0.6 is 23.2 Å². The first-order chi connectivity index (χ1) is 13.3. The molecule has 3 aromatic rings. The first kappa shape index (κ1) is 19.1. The van der Waals surface area contributed by atoms with Crippen molar-refractivity contribution in [1.82, 2.24) is 20.2 Å². The largest absolute Gasteiger partial charge is 0.422 e. The Bertz CT molecular complexity index is 976. The number of nitrogens with two attached hydrogens (primary N) is 2. The van der Waals surface area contributed by atoms with Crippen molar-refractivity contribution in [2.24, 2.45) is 5.73 Å².